The first kappa shape index (κ1) is 12.6. The predicted octanol–water partition coefficient (Wildman–Crippen LogP) is 2.01. The van der Waals surface area contributed by atoms with Crippen molar-refractivity contribution in [2.75, 3.05) is 0 Å². The van der Waals surface area contributed by atoms with E-state index >= 15 is 0 Å². The van der Waals surface area contributed by atoms with Crippen LogP contribution >= 0.6 is 0 Å². The molecule has 2 rings (SSSR count). The molecular formula is C13H23N3O. The number of hydrogen-bond acceptors (Lipinski definition) is 3. The minimum atomic E-state index is -0.187. The molecule has 0 saturated carbocycles. The molecule has 1 aromatic heterocycles. The zero-order valence-electron chi connectivity index (χ0n) is 11.4. The van der Waals surface area contributed by atoms with Gasteiger partial charge in [0.15, 0.2) is 0 Å². The van der Waals surface area contributed by atoms with E-state index in [9.17, 15) is 0 Å². The van der Waals surface area contributed by atoms with E-state index in [0.717, 1.165) is 12.1 Å². The molecule has 0 amide bonds. The summed E-state index contributed by atoms with van der Waals surface area (Å²) >= 11 is 0. The number of imidazole rings is 1. The first-order valence-corrected chi connectivity index (χ1v) is 6.15. The Labute approximate surface area is 103 Å². The van der Waals surface area contributed by atoms with Gasteiger partial charge < -0.3 is 15.0 Å². The van der Waals surface area contributed by atoms with Crippen LogP contribution in [0.5, 0.6) is 0 Å². The van der Waals surface area contributed by atoms with Crippen molar-refractivity contribution in [3.63, 3.8) is 0 Å². The maximum absolute atomic E-state index is 6.40. The van der Waals surface area contributed by atoms with Crippen molar-refractivity contribution in [1.82, 2.24) is 9.55 Å². The standard InChI is InChI=1S/C13H23N3O/c1-12(2)6-9(13(3,4)17-12)11(14)10-7-15-8-16(10)5/h7-9,11H,6,14H2,1-5H3. The number of nitrogens with zero attached hydrogens (tertiary/aromatic N) is 2. The minimum absolute atomic E-state index is 0.0284. The van der Waals surface area contributed by atoms with E-state index in [1.165, 1.54) is 0 Å². The van der Waals surface area contributed by atoms with Gasteiger partial charge in [-0.15, -0.1) is 0 Å². The van der Waals surface area contributed by atoms with Gasteiger partial charge in [-0.05, 0) is 34.1 Å². The van der Waals surface area contributed by atoms with Crippen LogP contribution in [-0.4, -0.2) is 20.8 Å². The number of hydrogen-bond donors (Lipinski definition) is 1. The third-order valence-corrected chi connectivity index (χ3v) is 3.77. The Morgan fingerprint density at radius 1 is 1.47 bits per heavy atom. The van der Waals surface area contributed by atoms with Crippen LogP contribution in [-0.2, 0) is 11.8 Å². The second kappa shape index (κ2) is 3.82. The second-order valence-electron chi connectivity index (χ2n) is 6.23. The maximum atomic E-state index is 6.40. The van der Waals surface area contributed by atoms with Crippen molar-refractivity contribution in [3.8, 4) is 0 Å². The highest BCUT2D eigenvalue weighted by Gasteiger charge is 2.48. The molecule has 0 aromatic carbocycles. The lowest BCUT2D eigenvalue weighted by Gasteiger charge is -2.31. The summed E-state index contributed by atoms with van der Waals surface area (Å²) in [6.45, 7) is 8.51. The topological polar surface area (TPSA) is 53.1 Å². The Kier molecular flexibility index (Phi) is 2.83. The largest absolute Gasteiger partial charge is 0.369 e. The molecule has 0 bridgehead atoms. The van der Waals surface area contributed by atoms with E-state index in [4.69, 9.17) is 10.5 Å². The number of rotatable bonds is 2. The minimum Gasteiger partial charge on any atom is -0.369 e. The molecule has 96 valence electrons. The molecular weight excluding hydrogens is 214 g/mol. The van der Waals surface area contributed by atoms with Crippen molar-refractivity contribution < 1.29 is 4.74 Å². The van der Waals surface area contributed by atoms with E-state index in [-0.39, 0.29) is 17.2 Å². The zero-order valence-corrected chi connectivity index (χ0v) is 11.4. The fraction of sp³-hybridized carbons (Fsp3) is 0.769. The van der Waals surface area contributed by atoms with Crippen molar-refractivity contribution in [3.05, 3.63) is 18.2 Å². The van der Waals surface area contributed by atoms with Gasteiger partial charge in [0.25, 0.3) is 0 Å². The Morgan fingerprint density at radius 2 is 2.12 bits per heavy atom. The van der Waals surface area contributed by atoms with Gasteiger partial charge >= 0.3 is 0 Å². The summed E-state index contributed by atoms with van der Waals surface area (Å²) in [5, 5.41) is 0. The van der Waals surface area contributed by atoms with E-state index in [1.54, 1.807) is 6.33 Å². The Hall–Kier alpha value is -0.870. The molecule has 0 aliphatic carbocycles. The van der Waals surface area contributed by atoms with Gasteiger partial charge in [-0.3, -0.25) is 0 Å². The molecule has 1 saturated heterocycles. The first-order chi connectivity index (χ1) is 7.73. The molecule has 4 heteroatoms. The molecule has 4 nitrogen and oxygen atoms in total. The third-order valence-electron chi connectivity index (χ3n) is 3.77. The lowest BCUT2D eigenvalue weighted by atomic mass is 9.81. The summed E-state index contributed by atoms with van der Waals surface area (Å²) in [7, 11) is 1.98. The molecule has 1 aromatic rings. The van der Waals surface area contributed by atoms with Gasteiger partial charge in [0.05, 0.1) is 29.3 Å². The SMILES string of the molecule is Cn1cncc1C(N)C1CC(C)(C)OC1(C)C. The van der Waals surface area contributed by atoms with Crippen LogP contribution in [0, 0.1) is 5.92 Å². The monoisotopic (exact) mass is 237 g/mol. The van der Waals surface area contributed by atoms with Crippen molar-refractivity contribution in [1.29, 1.82) is 0 Å². The lowest BCUT2D eigenvalue weighted by molar-refractivity contribution is -0.0768. The highest BCUT2D eigenvalue weighted by molar-refractivity contribution is 5.11. The quantitative estimate of drug-likeness (QED) is 0.856. The van der Waals surface area contributed by atoms with Gasteiger partial charge in [0.1, 0.15) is 0 Å². The van der Waals surface area contributed by atoms with Crippen LogP contribution in [0.25, 0.3) is 0 Å². The molecule has 1 aliphatic heterocycles. The first-order valence-electron chi connectivity index (χ1n) is 6.15. The summed E-state index contributed by atoms with van der Waals surface area (Å²) in [5.74, 6) is 0.313. The van der Waals surface area contributed by atoms with Crippen LogP contribution in [0.15, 0.2) is 12.5 Å². The third kappa shape index (κ3) is 2.24. The number of nitrogens with two attached hydrogens (primary N) is 1. The van der Waals surface area contributed by atoms with E-state index in [0.29, 0.717) is 5.92 Å². The van der Waals surface area contributed by atoms with Gasteiger partial charge in [-0.25, -0.2) is 4.98 Å². The smallest absolute Gasteiger partial charge is 0.0946 e. The van der Waals surface area contributed by atoms with E-state index in [2.05, 4.69) is 32.7 Å². The van der Waals surface area contributed by atoms with Gasteiger partial charge in [-0.2, -0.15) is 0 Å². The maximum Gasteiger partial charge on any atom is 0.0946 e. The van der Waals surface area contributed by atoms with Gasteiger partial charge in [0, 0.05) is 19.2 Å². The van der Waals surface area contributed by atoms with Crippen LogP contribution in [0.3, 0.4) is 0 Å². The zero-order chi connectivity index (χ0) is 12.8. The molecule has 17 heavy (non-hydrogen) atoms. The van der Waals surface area contributed by atoms with Crippen molar-refractivity contribution in [2.24, 2.45) is 18.7 Å². The summed E-state index contributed by atoms with van der Waals surface area (Å²) in [4.78, 5) is 4.14. The lowest BCUT2D eigenvalue weighted by Crippen LogP contribution is -2.36. The van der Waals surface area contributed by atoms with Crippen LogP contribution in [0.2, 0.25) is 0 Å². The second-order valence-corrected chi connectivity index (χ2v) is 6.23. The normalized spacial score (nSPS) is 28.2. The average molecular weight is 237 g/mol. The fourth-order valence-electron chi connectivity index (χ4n) is 3.06. The molecule has 2 N–H and O–H groups in total. The predicted molar refractivity (Wildman–Crippen MR) is 67.5 cm³/mol. The van der Waals surface area contributed by atoms with Crippen LogP contribution in [0.1, 0.15) is 45.9 Å². The molecule has 1 aliphatic rings. The number of ether oxygens (including phenoxy) is 1. The molecule has 2 atom stereocenters. The van der Waals surface area contributed by atoms with E-state index in [1.807, 2.05) is 17.8 Å². The van der Waals surface area contributed by atoms with Gasteiger partial charge in [-0.1, -0.05) is 0 Å². The van der Waals surface area contributed by atoms with E-state index < -0.39 is 0 Å². The molecule has 1 fully saturated rings. The molecule has 2 unspecified atom stereocenters. The van der Waals surface area contributed by atoms with Crippen molar-refractivity contribution in [2.45, 2.75) is 51.4 Å². The fourth-order valence-corrected chi connectivity index (χ4v) is 3.06. The van der Waals surface area contributed by atoms with Crippen molar-refractivity contribution >= 4 is 0 Å². The Bertz CT molecular complexity index is 409. The molecule has 2 heterocycles. The van der Waals surface area contributed by atoms with Crippen LogP contribution in [0.4, 0.5) is 0 Å². The summed E-state index contributed by atoms with van der Waals surface area (Å²) < 4.78 is 8.09. The Morgan fingerprint density at radius 3 is 2.53 bits per heavy atom. The average Bonchev–Trinajstić information content (AvgIpc) is 2.66. The number of aryl methyl sites for hydroxylation is 1. The number of aromatic nitrogens is 2. The molecule has 0 radical (unpaired) electrons. The Balaban J connectivity index is 2.26. The van der Waals surface area contributed by atoms with Crippen LogP contribution < -0.4 is 5.73 Å². The van der Waals surface area contributed by atoms with Gasteiger partial charge in [0.2, 0.25) is 0 Å². The summed E-state index contributed by atoms with van der Waals surface area (Å²) in [6.07, 6.45) is 4.63. The highest BCUT2D eigenvalue weighted by atomic mass is 16.5. The highest BCUT2D eigenvalue weighted by Crippen LogP contribution is 2.46. The summed E-state index contributed by atoms with van der Waals surface area (Å²) in [6, 6.07) is -0.0284. The molecule has 0 spiro atoms. The summed E-state index contributed by atoms with van der Waals surface area (Å²) in [5.41, 5.74) is 7.19.